The molecule has 2 amide bonds. The van der Waals surface area contributed by atoms with E-state index in [4.69, 9.17) is 11.6 Å². The van der Waals surface area contributed by atoms with Crippen molar-refractivity contribution in [3.8, 4) is 0 Å². The third-order valence-corrected chi connectivity index (χ3v) is 6.14. The normalized spacial score (nSPS) is 16.6. The van der Waals surface area contributed by atoms with Crippen LogP contribution in [0.1, 0.15) is 49.3 Å². The first-order valence-electron chi connectivity index (χ1n) is 11.0. The van der Waals surface area contributed by atoms with Crippen molar-refractivity contribution in [2.75, 3.05) is 13.1 Å². The largest absolute Gasteiger partial charge is 0.355 e. The number of amides is 2. The van der Waals surface area contributed by atoms with E-state index in [1.807, 2.05) is 30.3 Å². The van der Waals surface area contributed by atoms with Gasteiger partial charge in [-0.25, -0.2) is 0 Å². The first-order chi connectivity index (χ1) is 15.0. The molecule has 1 N–H and O–H groups in total. The zero-order valence-corrected chi connectivity index (χ0v) is 19.1. The summed E-state index contributed by atoms with van der Waals surface area (Å²) in [6.45, 7) is 5.73. The van der Waals surface area contributed by atoms with E-state index in [2.05, 4.69) is 43.4 Å². The SMILES string of the molecule is CCC/C=C(/CCNC(=O)C1CC(=O)N(Cc2ccccc2Cl)C1)c1ccccc1C. The van der Waals surface area contributed by atoms with Crippen molar-refractivity contribution in [1.82, 2.24) is 10.2 Å². The predicted octanol–water partition coefficient (Wildman–Crippen LogP) is 5.39. The Morgan fingerprint density at radius 3 is 2.68 bits per heavy atom. The van der Waals surface area contributed by atoms with Gasteiger partial charge in [-0.3, -0.25) is 9.59 Å². The van der Waals surface area contributed by atoms with Gasteiger partial charge in [0.25, 0.3) is 0 Å². The lowest BCUT2D eigenvalue weighted by molar-refractivity contribution is -0.129. The van der Waals surface area contributed by atoms with Gasteiger partial charge in [0.05, 0.1) is 5.92 Å². The molecule has 1 atom stereocenters. The van der Waals surface area contributed by atoms with E-state index in [1.165, 1.54) is 16.7 Å². The number of aryl methyl sites for hydroxylation is 1. The second-order valence-electron chi connectivity index (χ2n) is 8.14. The van der Waals surface area contributed by atoms with Crippen LogP contribution in [-0.2, 0) is 16.1 Å². The Balaban J connectivity index is 1.55. The van der Waals surface area contributed by atoms with Gasteiger partial charge >= 0.3 is 0 Å². The van der Waals surface area contributed by atoms with Gasteiger partial charge < -0.3 is 10.2 Å². The fraction of sp³-hybridized carbons (Fsp3) is 0.385. The van der Waals surface area contributed by atoms with Crippen LogP contribution in [-0.4, -0.2) is 29.8 Å². The van der Waals surface area contributed by atoms with E-state index in [1.54, 1.807) is 4.90 Å². The second-order valence-corrected chi connectivity index (χ2v) is 8.55. The van der Waals surface area contributed by atoms with Crippen molar-refractivity contribution >= 4 is 29.0 Å². The van der Waals surface area contributed by atoms with E-state index >= 15 is 0 Å². The molecule has 5 heteroatoms. The molecule has 0 spiro atoms. The average molecular weight is 439 g/mol. The summed E-state index contributed by atoms with van der Waals surface area (Å²) in [6.07, 6.45) is 5.42. The van der Waals surface area contributed by atoms with Gasteiger partial charge in [0.2, 0.25) is 11.8 Å². The maximum absolute atomic E-state index is 12.7. The topological polar surface area (TPSA) is 49.4 Å². The number of halogens is 1. The number of nitrogens with zero attached hydrogens (tertiary/aromatic N) is 1. The monoisotopic (exact) mass is 438 g/mol. The number of carbonyl (C=O) groups is 2. The summed E-state index contributed by atoms with van der Waals surface area (Å²) in [7, 11) is 0. The highest BCUT2D eigenvalue weighted by Gasteiger charge is 2.34. The quantitative estimate of drug-likeness (QED) is 0.570. The van der Waals surface area contributed by atoms with Crippen molar-refractivity contribution in [2.24, 2.45) is 5.92 Å². The van der Waals surface area contributed by atoms with Crippen LogP contribution in [0.4, 0.5) is 0 Å². The summed E-state index contributed by atoms with van der Waals surface area (Å²) < 4.78 is 0. The fourth-order valence-electron chi connectivity index (χ4n) is 4.00. The molecular formula is C26H31ClN2O2. The molecule has 0 saturated carbocycles. The molecular weight excluding hydrogens is 408 g/mol. The van der Waals surface area contributed by atoms with Gasteiger partial charge in [0, 0.05) is 31.1 Å². The summed E-state index contributed by atoms with van der Waals surface area (Å²) in [4.78, 5) is 26.9. The second kappa shape index (κ2) is 11.1. The molecule has 1 aliphatic heterocycles. The van der Waals surface area contributed by atoms with E-state index in [-0.39, 0.29) is 24.2 Å². The maximum atomic E-state index is 12.7. The number of carbonyl (C=O) groups excluding carboxylic acids is 2. The zero-order valence-electron chi connectivity index (χ0n) is 18.4. The van der Waals surface area contributed by atoms with Crippen molar-refractivity contribution in [3.05, 3.63) is 76.3 Å². The molecule has 1 unspecified atom stereocenters. The highest BCUT2D eigenvalue weighted by molar-refractivity contribution is 6.31. The molecule has 31 heavy (non-hydrogen) atoms. The van der Waals surface area contributed by atoms with Crippen molar-refractivity contribution < 1.29 is 9.59 Å². The lowest BCUT2D eigenvalue weighted by Gasteiger charge is -2.17. The molecule has 1 fully saturated rings. The van der Waals surface area contributed by atoms with Gasteiger partial charge in [-0.05, 0) is 48.1 Å². The highest BCUT2D eigenvalue weighted by Crippen LogP contribution is 2.25. The van der Waals surface area contributed by atoms with E-state index in [0.29, 0.717) is 24.7 Å². The maximum Gasteiger partial charge on any atom is 0.225 e. The smallest absolute Gasteiger partial charge is 0.225 e. The number of rotatable bonds is 9. The van der Waals surface area contributed by atoms with Crippen molar-refractivity contribution in [3.63, 3.8) is 0 Å². The van der Waals surface area contributed by atoms with Gasteiger partial charge in [0.1, 0.15) is 0 Å². The molecule has 1 aliphatic rings. The van der Waals surface area contributed by atoms with Gasteiger partial charge in [-0.2, -0.15) is 0 Å². The molecule has 1 heterocycles. The third kappa shape index (κ3) is 6.20. The Kier molecular flexibility index (Phi) is 8.30. The molecule has 0 aromatic heterocycles. The summed E-state index contributed by atoms with van der Waals surface area (Å²) >= 11 is 6.22. The summed E-state index contributed by atoms with van der Waals surface area (Å²) in [6, 6.07) is 15.9. The third-order valence-electron chi connectivity index (χ3n) is 5.77. The summed E-state index contributed by atoms with van der Waals surface area (Å²) in [5.41, 5.74) is 4.66. The number of likely N-dealkylation sites (tertiary alicyclic amines) is 1. The Labute approximate surface area is 190 Å². The zero-order chi connectivity index (χ0) is 22.2. The number of hydrogen-bond acceptors (Lipinski definition) is 2. The van der Waals surface area contributed by atoms with Crippen LogP contribution >= 0.6 is 11.6 Å². The number of unbranched alkanes of at least 4 members (excludes halogenated alkanes) is 1. The lowest BCUT2D eigenvalue weighted by atomic mass is 9.96. The number of allylic oxidation sites excluding steroid dienone is 1. The van der Waals surface area contributed by atoms with Crippen LogP contribution in [0.15, 0.2) is 54.6 Å². The Morgan fingerprint density at radius 1 is 1.19 bits per heavy atom. The number of nitrogens with one attached hydrogen (secondary N) is 1. The van der Waals surface area contributed by atoms with Crippen LogP contribution < -0.4 is 5.32 Å². The first kappa shape index (κ1) is 23.1. The van der Waals surface area contributed by atoms with Crippen molar-refractivity contribution in [2.45, 2.75) is 46.1 Å². The highest BCUT2D eigenvalue weighted by atomic mass is 35.5. The van der Waals surface area contributed by atoms with E-state index in [0.717, 1.165) is 24.8 Å². The molecule has 164 valence electrons. The van der Waals surface area contributed by atoms with Crippen LogP contribution in [0.25, 0.3) is 5.57 Å². The average Bonchev–Trinajstić information content (AvgIpc) is 3.13. The molecule has 3 rings (SSSR count). The molecule has 1 saturated heterocycles. The number of benzene rings is 2. The van der Waals surface area contributed by atoms with Gasteiger partial charge in [-0.1, -0.05) is 73.5 Å². The van der Waals surface area contributed by atoms with Crippen LogP contribution in [0.5, 0.6) is 0 Å². The molecule has 0 aliphatic carbocycles. The van der Waals surface area contributed by atoms with Crippen molar-refractivity contribution in [1.29, 1.82) is 0 Å². The minimum atomic E-state index is -0.309. The Morgan fingerprint density at radius 2 is 1.94 bits per heavy atom. The Bertz CT molecular complexity index is 954. The summed E-state index contributed by atoms with van der Waals surface area (Å²) in [5, 5.41) is 3.70. The standard InChI is InChI=1S/C26H31ClN2O2/c1-3-4-10-20(23-12-7-5-9-19(23)2)14-15-28-26(31)22-16-25(30)29(18-22)17-21-11-6-8-13-24(21)27/h5-13,22H,3-4,14-18H2,1-2H3,(H,28,31)/b20-10-. The predicted molar refractivity (Wildman–Crippen MR) is 127 cm³/mol. The van der Waals surface area contributed by atoms with Crippen LogP contribution in [0.2, 0.25) is 5.02 Å². The molecule has 2 aromatic carbocycles. The lowest BCUT2D eigenvalue weighted by Crippen LogP contribution is -2.33. The fourth-order valence-corrected chi connectivity index (χ4v) is 4.19. The molecule has 0 bridgehead atoms. The van der Waals surface area contributed by atoms with Gasteiger partial charge in [-0.15, -0.1) is 0 Å². The summed E-state index contributed by atoms with van der Waals surface area (Å²) in [5.74, 6) is -0.352. The molecule has 4 nitrogen and oxygen atoms in total. The van der Waals surface area contributed by atoms with E-state index in [9.17, 15) is 9.59 Å². The molecule has 2 aromatic rings. The molecule has 0 radical (unpaired) electrons. The van der Waals surface area contributed by atoms with Gasteiger partial charge in [0.15, 0.2) is 0 Å². The first-order valence-corrected chi connectivity index (χ1v) is 11.4. The van der Waals surface area contributed by atoms with E-state index < -0.39 is 0 Å². The Hall–Kier alpha value is -2.59. The number of hydrogen-bond donors (Lipinski definition) is 1. The van der Waals surface area contributed by atoms with Crippen LogP contribution in [0.3, 0.4) is 0 Å². The minimum absolute atomic E-state index is 0.00325. The minimum Gasteiger partial charge on any atom is -0.355 e. The van der Waals surface area contributed by atoms with Crippen LogP contribution in [0, 0.1) is 12.8 Å².